The van der Waals surface area contributed by atoms with Crippen LogP contribution in [0, 0.1) is 14.9 Å². The first-order chi connectivity index (χ1) is 6.13. The topological polar surface area (TPSA) is 61.8 Å². The number of hydrogen-bond donors (Lipinski definition) is 2. The molecule has 1 aromatic rings. The summed E-state index contributed by atoms with van der Waals surface area (Å²) in [5.41, 5.74) is 6.75. The number of nitrogens with two attached hydrogens (primary N) is 1. The molecule has 0 aromatic heterocycles. The average molecular weight is 303 g/mol. The Labute approximate surface area is 95.1 Å². The summed E-state index contributed by atoms with van der Waals surface area (Å²) < 4.78 is 0.876. The standard InChI is InChI=1S/C8H6IN3S/c9-7-3-6(12-8(11)13)2-1-5(7)4-10/h1-3H,(H3,11,12,13). The summed E-state index contributed by atoms with van der Waals surface area (Å²) in [5.74, 6) is 0. The van der Waals surface area contributed by atoms with Crippen molar-refractivity contribution in [1.29, 1.82) is 5.26 Å². The number of rotatable bonds is 1. The van der Waals surface area contributed by atoms with Gasteiger partial charge in [-0.2, -0.15) is 5.26 Å². The van der Waals surface area contributed by atoms with Gasteiger partial charge in [-0.05, 0) is 53.0 Å². The molecule has 13 heavy (non-hydrogen) atoms. The van der Waals surface area contributed by atoms with Crippen LogP contribution < -0.4 is 11.1 Å². The second kappa shape index (κ2) is 4.39. The maximum Gasteiger partial charge on any atom is 0.168 e. The van der Waals surface area contributed by atoms with E-state index >= 15 is 0 Å². The van der Waals surface area contributed by atoms with Crippen LogP contribution in [0.25, 0.3) is 0 Å². The fourth-order valence-corrected chi connectivity index (χ4v) is 1.58. The second-order valence-electron chi connectivity index (χ2n) is 2.30. The number of nitriles is 1. The van der Waals surface area contributed by atoms with E-state index in [1.54, 1.807) is 12.1 Å². The van der Waals surface area contributed by atoms with E-state index in [1.165, 1.54) is 0 Å². The van der Waals surface area contributed by atoms with Gasteiger partial charge in [0.2, 0.25) is 0 Å². The zero-order valence-corrected chi connectivity index (χ0v) is 9.52. The summed E-state index contributed by atoms with van der Waals surface area (Å²) in [6, 6.07) is 7.38. The van der Waals surface area contributed by atoms with Crippen molar-refractivity contribution in [3.05, 3.63) is 27.3 Å². The van der Waals surface area contributed by atoms with Gasteiger partial charge in [0, 0.05) is 9.26 Å². The minimum absolute atomic E-state index is 0.223. The highest BCUT2D eigenvalue weighted by atomic mass is 127. The normalized spacial score (nSPS) is 8.92. The zero-order chi connectivity index (χ0) is 9.84. The summed E-state index contributed by atoms with van der Waals surface area (Å²) in [6.45, 7) is 0. The molecule has 3 nitrogen and oxygen atoms in total. The lowest BCUT2D eigenvalue weighted by Crippen LogP contribution is -2.18. The van der Waals surface area contributed by atoms with Crippen molar-refractivity contribution in [2.75, 3.05) is 5.32 Å². The molecule has 0 atom stereocenters. The van der Waals surface area contributed by atoms with Crippen molar-refractivity contribution in [2.24, 2.45) is 5.73 Å². The van der Waals surface area contributed by atoms with Crippen LogP contribution in [0.5, 0.6) is 0 Å². The number of anilines is 1. The lowest BCUT2D eigenvalue weighted by atomic mass is 10.2. The van der Waals surface area contributed by atoms with Gasteiger partial charge < -0.3 is 11.1 Å². The molecular weight excluding hydrogens is 297 g/mol. The summed E-state index contributed by atoms with van der Waals surface area (Å²) >= 11 is 6.77. The first kappa shape index (κ1) is 10.2. The van der Waals surface area contributed by atoms with E-state index in [0.717, 1.165) is 9.26 Å². The van der Waals surface area contributed by atoms with Crippen molar-refractivity contribution in [1.82, 2.24) is 0 Å². The third kappa shape index (κ3) is 2.82. The summed E-state index contributed by atoms with van der Waals surface area (Å²) in [5, 5.41) is 11.7. The van der Waals surface area contributed by atoms with E-state index in [1.807, 2.05) is 6.07 Å². The predicted octanol–water partition coefficient (Wildman–Crippen LogP) is 1.82. The number of thiocarbonyl (C=S) groups is 1. The zero-order valence-electron chi connectivity index (χ0n) is 6.54. The van der Waals surface area contributed by atoms with E-state index in [4.69, 9.17) is 11.0 Å². The highest BCUT2D eigenvalue weighted by molar-refractivity contribution is 14.1. The van der Waals surface area contributed by atoms with E-state index in [2.05, 4.69) is 46.2 Å². The molecule has 0 radical (unpaired) electrons. The van der Waals surface area contributed by atoms with Crippen molar-refractivity contribution in [2.45, 2.75) is 0 Å². The van der Waals surface area contributed by atoms with Gasteiger partial charge in [0.25, 0.3) is 0 Å². The van der Waals surface area contributed by atoms with Gasteiger partial charge in [0.05, 0.1) is 5.56 Å². The van der Waals surface area contributed by atoms with Crippen molar-refractivity contribution < 1.29 is 0 Å². The van der Waals surface area contributed by atoms with Crippen LogP contribution in [0.15, 0.2) is 18.2 Å². The van der Waals surface area contributed by atoms with Crippen molar-refractivity contribution in [3.8, 4) is 6.07 Å². The van der Waals surface area contributed by atoms with Crippen LogP contribution in [0.2, 0.25) is 0 Å². The van der Waals surface area contributed by atoms with Gasteiger partial charge in [0.15, 0.2) is 5.11 Å². The molecule has 0 heterocycles. The van der Waals surface area contributed by atoms with Crippen LogP contribution in [-0.2, 0) is 0 Å². The molecule has 5 heteroatoms. The Morgan fingerprint density at radius 1 is 1.62 bits per heavy atom. The van der Waals surface area contributed by atoms with E-state index in [9.17, 15) is 0 Å². The number of halogens is 1. The molecule has 66 valence electrons. The summed E-state index contributed by atoms with van der Waals surface area (Å²) in [7, 11) is 0. The summed E-state index contributed by atoms with van der Waals surface area (Å²) in [6.07, 6.45) is 0. The molecule has 0 unspecified atom stereocenters. The van der Waals surface area contributed by atoms with Gasteiger partial charge in [-0.3, -0.25) is 0 Å². The van der Waals surface area contributed by atoms with Gasteiger partial charge in [-0.1, -0.05) is 0 Å². The Morgan fingerprint density at radius 3 is 2.77 bits per heavy atom. The minimum Gasteiger partial charge on any atom is -0.376 e. The Morgan fingerprint density at radius 2 is 2.31 bits per heavy atom. The first-order valence-electron chi connectivity index (χ1n) is 3.39. The van der Waals surface area contributed by atoms with Crippen LogP contribution in [0.3, 0.4) is 0 Å². The van der Waals surface area contributed by atoms with E-state index in [-0.39, 0.29) is 5.11 Å². The molecule has 0 fully saturated rings. The lowest BCUT2D eigenvalue weighted by molar-refractivity contribution is 1.46. The highest BCUT2D eigenvalue weighted by Crippen LogP contribution is 2.16. The van der Waals surface area contributed by atoms with E-state index < -0.39 is 0 Å². The molecule has 0 bridgehead atoms. The molecule has 1 rings (SSSR count). The van der Waals surface area contributed by atoms with Crippen LogP contribution in [0.1, 0.15) is 5.56 Å². The minimum atomic E-state index is 0.223. The van der Waals surface area contributed by atoms with Crippen molar-refractivity contribution >= 4 is 45.6 Å². The van der Waals surface area contributed by atoms with Gasteiger partial charge in [-0.25, -0.2) is 0 Å². The second-order valence-corrected chi connectivity index (χ2v) is 3.90. The fourth-order valence-electron chi connectivity index (χ4n) is 0.826. The smallest absolute Gasteiger partial charge is 0.168 e. The Hall–Kier alpha value is -0.870. The Bertz CT molecular complexity index is 383. The van der Waals surface area contributed by atoms with Crippen LogP contribution >= 0.6 is 34.8 Å². The fraction of sp³-hybridized carbons (Fsp3) is 0. The largest absolute Gasteiger partial charge is 0.376 e. The highest BCUT2D eigenvalue weighted by Gasteiger charge is 1.99. The molecule has 0 saturated carbocycles. The van der Waals surface area contributed by atoms with Crippen molar-refractivity contribution in [3.63, 3.8) is 0 Å². The maximum absolute atomic E-state index is 8.67. The Balaban J connectivity index is 2.97. The monoisotopic (exact) mass is 303 g/mol. The lowest BCUT2D eigenvalue weighted by Gasteiger charge is -2.04. The van der Waals surface area contributed by atoms with Gasteiger partial charge in [-0.15, -0.1) is 0 Å². The Kier molecular flexibility index (Phi) is 3.45. The molecule has 0 aliphatic carbocycles. The molecule has 0 aliphatic heterocycles. The number of hydrogen-bond acceptors (Lipinski definition) is 2. The molecular formula is C8H6IN3S. The summed E-state index contributed by atoms with van der Waals surface area (Å²) in [4.78, 5) is 0. The maximum atomic E-state index is 8.67. The quantitative estimate of drug-likeness (QED) is 0.613. The molecule has 0 aliphatic rings. The number of nitrogens with zero attached hydrogens (tertiary/aromatic N) is 1. The van der Waals surface area contributed by atoms with Crippen LogP contribution in [-0.4, -0.2) is 5.11 Å². The van der Waals surface area contributed by atoms with Gasteiger partial charge in [0.1, 0.15) is 6.07 Å². The predicted molar refractivity (Wildman–Crippen MR) is 64.3 cm³/mol. The molecule has 0 saturated heterocycles. The number of nitrogens with one attached hydrogen (secondary N) is 1. The van der Waals surface area contributed by atoms with Crippen LogP contribution in [0.4, 0.5) is 5.69 Å². The third-order valence-electron chi connectivity index (χ3n) is 1.36. The average Bonchev–Trinajstić information content (AvgIpc) is 2.03. The molecule has 0 spiro atoms. The SMILES string of the molecule is N#Cc1ccc(NC(N)=S)cc1I. The first-order valence-corrected chi connectivity index (χ1v) is 4.88. The molecule has 0 amide bonds. The van der Waals surface area contributed by atoms with E-state index in [0.29, 0.717) is 5.56 Å². The third-order valence-corrected chi connectivity index (χ3v) is 2.35. The van der Waals surface area contributed by atoms with Gasteiger partial charge >= 0.3 is 0 Å². The molecule has 3 N–H and O–H groups in total. The number of benzene rings is 1. The molecule has 1 aromatic carbocycles.